The van der Waals surface area contributed by atoms with E-state index in [4.69, 9.17) is 0 Å². The Bertz CT molecular complexity index is 887. The SMILES string of the molecule is O=C(NCc1ccc(C[NH+]2CCCC2)cc1)c1ccc(NC2CC2)c([N+](=O)[O-])c1. The Kier molecular flexibility index (Phi) is 5.76. The molecule has 1 saturated carbocycles. The first-order chi connectivity index (χ1) is 14.1. The number of amides is 1. The molecule has 0 unspecified atom stereocenters. The second-order valence-electron chi connectivity index (χ2n) is 8.04. The minimum Gasteiger partial charge on any atom is -0.377 e. The van der Waals surface area contributed by atoms with Gasteiger partial charge in [-0.3, -0.25) is 14.9 Å². The molecule has 1 saturated heterocycles. The first kappa shape index (κ1) is 19.4. The summed E-state index contributed by atoms with van der Waals surface area (Å²) in [6.45, 7) is 3.95. The zero-order chi connectivity index (χ0) is 20.2. The van der Waals surface area contributed by atoms with Gasteiger partial charge < -0.3 is 15.5 Å². The molecule has 1 aliphatic heterocycles. The first-order valence-corrected chi connectivity index (χ1v) is 10.3. The lowest BCUT2D eigenvalue weighted by Gasteiger charge is -2.12. The van der Waals surface area contributed by atoms with Gasteiger partial charge in [-0.05, 0) is 30.5 Å². The average Bonchev–Trinajstić information content (AvgIpc) is 3.39. The van der Waals surface area contributed by atoms with E-state index in [0.29, 0.717) is 23.8 Å². The molecule has 0 bridgehead atoms. The van der Waals surface area contributed by atoms with Crippen LogP contribution < -0.4 is 15.5 Å². The zero-order valence-corrected chi connectivity index (χ0v) is 16.4. The second-order valence-corrected chi connectivity index (χ2v) is 8.04. The normalized spacial score (nSPS) is 16.6. The van der Waals surface area contributed by atoms with Crippen molar-refractivity contribution in [3.05, 3.63) is 69.3 Å². The number of carbonyl (C=O) groups excluding carboxylic acids is 1. The fourth-order valence-electron chi connectivity index (χ4n) is 3.79. The third-order valence-corrected chi connectivity index (χ3v) is 5.63. The molecule has 0 radical (unpaired) electrons. The van der Waals surface area contributed by atoms with Crippen molar-refractivity contribution in [2.75, 3.05) is 18.4 Å². The van der Waals surface area contributed by atoms with Crippen LogP contribution in [0.4, 0.5) is 11.4 Å². The molecule has 0 aromatic heterocycles. The van der Waals surface area contributed by atoms with Crippen LogP contribution in [0.5, 0.6) is 0 Å². The summed E-state index contributed by atoms with van der Waals surface area (Å²) in [6, 6.07) is 13.2. The summed E-state index contributed by atoms with van der Waals surface area (Å²) in [4.78, 5) is 25.0. The van der Waals surface area contributed by atoms with E-state index >= 15 is 0 Å². The van der Waals surface area contributed by atoms with Gasteiger partial charge in [0.2, 0.25) is 0 Å². The second kappa shape index (κ2) is 8.61. The Balaban J connectivity index is 1.35. The number of hydrogen-bond acceptors (Lipinski definition) is 4. The van der Waals surface area contributed by atoms with E-state index in [9.17, 15) is 14.9 Å². The van der Waals surface area contributed by atoms with Crippen LogP contribution in [-0.4, -0.2) is 30.0 Å². The molecule has 1 heterocycles. The maximum Gasteiger partial charge on any atom is 0.293 e. The predicted molar refractivity (Wildman–Crippen MR) is 111 cm³/mol. The molecule has 0 atom stereocenters. The molecule has 2 fully saturated rings. The van der Waals surface area contributed by atoms with E-state index in [1.54, 1.807) is 17.0 Å². The Morgan fingerprint density at radius 1 is 1.07 bits per heavy atom. The van der Waals surface area contributed by atoms with Gasteiger partial charge in [0.25, 0.3) is 11.6 Å². The molecule has 2 aromatic carbocycles. The highest BCUT2D eigenvalue weighted by Crippen LogP contribution is 2.31. The van der Waals surface area contributed by atoms with E-state index in [1.807, 2.05) is 12.1 Å². The highest BCUT2D eigenvalue weighted by Gasteiger charge is 2.25. The number of carbonyl (C=O) groups is 1. The van der Waals surface area contributed by atoms with Gasteiger partial charge in [0.1, 0.15) is 12.2 Å². The number of rotatable bonds is 8. The van der Waals surface area contributed by atoms with Crippen molar-refractivity contribution in [3.8, 4) is 0 Å². The zero-order valence-electron chi connectivity index (χ0n) is 16.4. The summed E-state index contributed by atoms with van der Waals surface area (Å²) >= 11 is 0. The number of anilines is 1. The molecule has 7 heteroatoms. The number of hydrogen-bond donors (Lipinski definition) is 3. The minimum absolute atomic E-state index is 0.0571. The molecule has 1 amide bonds. The topological polar surface area (TPSA) is 88.7 Å². The van der Waals surface area contributed by atoms with Gasteiger partial charge >= 0.3 is 0 Å². The van der Waals surface area contributed by atoms with E-state index in [2.05, 4.69) is 22.8 Å². The summed E-state index contributed by atoms with van der Waals surface area (Å²) < 4.78 is 0. The van der Waals surface area contributed by atoms with Gasteiger partial charge in [-0.25, -0.2) is 0 Å². The maximum absolute atomic E-state index is 12.5. The first-order valence-electron chi connectivity index (χ1n) is 10.3. The van der Waals surface area contributed by atoms with Crippen molar-refractivity contribution in [2.45, 2.75) is 44.8 Å². The molecule has 2 aromatic rings. The smallest absolute Gasteiger partial charge is 0.293 e. The number of nitro groups is 1. The van der Waals surface area contributed by atoms with Crippen LogP contribution in [0, 0.1) is 10.1 Å². The number of quaternary nitrogens is 1. The van der Waals surface area contributed by atoms with Crippen LogP contribution in [0.3, 0.4) is 0 Å². The van der Waals surface area contributed by atoms with Gasteiger partial charge in [-0.2, -0.15) is 0 Å². The van der Waals surface area contributed by atoms with Gasteiger partial charge in [-0.15, -0.1) is 0 Å². The number of nitrogens with zero attached hydrogens (tertiary/aromatic N) is 1. The van der Waals surface area contributed by atoms with Crippen LogP contribution in [0.25, 0.3) is 0 Å². The van der Waals surface area contributed by atoms with Crippen molar-refractivity contribution in [3.63, 3.8) is 0 Å². The van der Waals surface area contributed by atoms with Crippen LogP contribution in [-0.2, 0) is 13.1 Å². The summed E-state index contributed by atoms with van der Waals surface area (Å²) in [7, 11) is 0. The lowest BCUT2D eigenvalue weighted by atomic mass is 10.1. The van der Waals surface area contributed by atoms with Crippen LogP contribution in [0.1, 0.15) is 47.2 Å². The van der Waals surface area contributed by atoms with E-state index in [-0.39, 0.29) is 11.6 Å². The van der Waals surface area contributed by atoms with Crippen molar-refractivity contribution >= 4 is 17.3 Å². The molecule has 152 valence electrons. The monoisotopic (exact) mass is 395 g/mol. The molecule has 3 N–H and O–H groups in total. The van der Waals surface area contributed by atoms with Crippen LogP contribution in [0.2, 0.25) is 0 Å². The summed E-state index contributed by atoms with van der Waals surface area (Å²) in [5, 5.41) is 17.4. The molecular formula is C22H27N4O3+. The van der Waals surface area contributed by atoms with Gasteiger partial charge in [0.05, 0.1) is 18.0 Å². The highest BCUT2D eigenvalue weighted by atomic mass is 16.6. The quantitative estimate of drug-likeness (QED) is 0.473. The summed E-state index contributed by atoms with van der Waals surface area (Å²) in [6.07, 6.45) is 4.68. The number of nitrogens with one attached hydrogen (secondary N) is 3. The summed E-state index contributed by atoms with van der Waals surface area (Å²) in [5.41, 5.74) is 3.04. The minimum atomic E-state index is -0.442. The predicted octanol–water partition coefficient (Wildman–Crippen LogP) is 2.28. The van der Waals surface area contributed by atoms with E-state index in [1.165, 1.54) is 37.6 Å². The van der Waals surface area contributed by atoms with E-state index < -0.39 is 4.92 Å². The van der Waals surface area contributed by atoms with Crippen molar-refractivity contribution in [2.24, 2.45) is 0 Å². The third kappa shape index (κ3) is 5.12. The molecule has 4 rings (SSSR count). The number of likely N-dealkylation sites (tertiary alicyclic amines) is 1. The molecular weight excluding hydrogens is 368 g/mol. The Hall–Kier alpha value is -2.93. The van der Waals surface area contributed by atoms with Crippen LogP contribution >= 0.6 is 0 Å². The van der Waals surface area contributed by atoms with Crippen LogP contribution in [0.15, 0.2) is 42.5 Å². The molecule has 7 nitrogen and oxygen atoms in total. The average molecular weight is 395 g/mol. The largest absolute Gasteiger partial charge is 0.377 e. The molecule has 29 heavy (non-hydrogen) atoms. The standard InChI is InChI=1S/C22H26N4O3/c27-22(18-7-10-20(24-19-8-9-19)21(13-18)26(28)29)23-14-16-3-5-17(6-4-16)15-25-11-1-2-12-25/h3-7,10,13,19,24H,1-2,8-9,11-12,14-15H2,(H,23,27)/p+1. The van der Waals surface area contributed by atoms with Crippen molar-refractivity contribution in [1.29, 1.82) is 0 Å². The molecule has 0 spiro atoms. The fourth-order valence-corrected chi connectivity index (χ4v) is 3.79. The third-order valence-electron chi connectivity index (χ3n) is 5.63. The molecule has 1 aliphatic carbocycles. The Labute approximate surface area is 170 Å². The van der Waals surface area contributed by atoms with Gasteiger partial charge in [-0.1, -0.05) is 24.3 Å². The highest BCUT2D eigenvalue weighted by molar-refractivity contribution is 5.95. The maximum atomic E-state index is 12.5. The Morgan fingerprint density at radius 2 is 1.76 bits per heavy atom. The lowest BCUT2D eigenvalue weighted by molar-refractivity contribution is -0.901. The lowest BCUT2D eigenvalue weighted by Crippen LogP contribution is -3.08. The number of nitro benzene ring substituents is 1. The fraction of sp³-hybridized carbons (Fsp3) is 0.409. The van der Waals surface area contributed by atoms with E-state index in [0.717, 1.165) is 24.9 Å². The van der Waals surface area contributed by atoms with Crippen molar-refractivity contribution < 1.29 is 14.6 Å². The van der Waals surface area contributed by atoms with Gasteiger partial charge in [0, 0.05) is 42.6 Å². The summed E-state index contributed by atoms with van der Waals surface area (Å²) in [5.74, 6) is -0.309. The Morgan fingerprint density at radius 3 is 2.41 bits per heavy atom. The van der Waals surface area contributed by atoms with Crippen molar-refractivity contribution in [1.82, 2.24) is 5.32 Å². The molecule has 2 aliphatic rings. The van der Waals surface area contributed by atoms with Gasteiger partial charge in [0.15, 0.2) is 0 Å². The number of benzene rings is 2.